The third kappa shape index (κ3) is 7.37. The summed E-state index contributed by atoms with van der Waals surface area (Å²) in [6.07, 6.45) is 18.0. The topological polar surface area (TPSA) is 66.8 Å². The molecule has 0 amide bonds. The molecule has 2 N–H and O–H groups in total. The minimum atomic E-state index is -0.194. The van der Waals surface area contributed by atoms with E-state index < -0.39 is 0 Å². The van der Waals surface area contributed by atoms with Crippen molar-refractivity contribution in [2.75, 3.05) is 0 Å². The van der Waals surface area contributed by atoms with Gasteiger partial charge in [-0.05, 0) is 25.0 Å². The molecule has 1 aromatic carbocycles. The predicted molar refractivity (Wildman–Crippen MR) is 113 cm³/mol. The van der Waals surface area contributed by atoms with E-state index in [0.29, 0.717) is 0 Å². The molecule has 1 aliphatic rings. The predicted octanol–water partition coefficient (Wildman–Crippen LogP) is 6.91. The molecule has 1 unspecified atom stereocenters. The maximum absolute atomic E-state index is 12.3. The van der Waals surface area contributed by atoms with Gasteiger partial charge in [0.05, 0.1) is 0 Å². The first-order valence-electron chi connectivity index (χ1n) is 11.4. The minimum Gasteiger partial charge on any atom is -0.507 e. The zero-order valence-corrected chi connectivity index (χ0v) is 17.5. The zero-order chi connectivity index (χ0) is 20.2. The van der Waals surface area contributed by atoms with Crippen LogP contribution in [0, 0.1) is 0 Å². The number of unbranched alkanes of at least 4 members (excludes halogenated alkanes) is 12. The molecule has 1 aromatic rings. The monoisotopic (exact) mass is 390 g/mol. The molecule has 4 nitrogen and oxygen atoms in total. The van der Waals surface area contributed by atoms with Gasteiger partial charge in [0, 0.05) is 6.42 Å². The second-order valence-corrected chi connectivity index (χ2v) is 8.21. The highest BCUT2D eigenvalue weighted by atomic mass is 16.5. The van der Waals surface area contributed by atoms with E-state index in [0.717, 1.165) is 19.3 Å². The number of hydrogen-bond donors (Lipinski definition) is 2. The number of phenols is 2. The molecule has 0 bridgehead atoms. The summed E-state index contributed by atoms with van der Waals surface area (Å²) in [5.41, 5.74) is 0.126. The molecular formula is C24H38O4. The number of carbonyl (C=O) groups excluding carboxylic acids is 1. The smallest absolute Gasteiger partial charge is 0.175 e. The number of aromatic hydroxyl groups is 2. The lowest BCUT2D eigenvalue weighted by Gasteiger charge is -2.26. The molecule has 28 heavy (non-hydrogen) atoms. The fraction of sp³-hybridized carbons (Fsp3) is 0.708. The van der Waals surface area contributed by atoms with Crippen molar-refractivity contribution in [3.05, 3.63) is 17.7 Å². The highest BCUT2D eigenvalue weighted by Gasteiger charge is 2.30. The number of carbonyl (C=O) groups is 1. The number of fused-ring (bicyclic) bond motifs is 1. The highest BCUT2D eigenvalue weighted by Crippen LogP contribution is 2.41. The molecule has 2 rings (SSSR count). The Morgan fingerprint density at radius 3 is 1.89 bits per heavy atom. The van der Waals surface area contributed by atoms with Gasteiger partial charge in [-0.25, -0.2) is 0 Å². The van der Waals surface area contributed by atoms with Crippen molar-refractivity contribution < 1.29 is 19.7 Å². The van der Waals surface area contributed by atoms with E-state index in [2.05, 4.69) is 6.92 Å². The van der Waals surface area contributed by atoms with Crippen molar-refractivity contribution >= 4 is 5.78 Å². The lowest BCUT2D eigenvalue weighted by atomic mass is 9.96. The lowest BCUT2D eigenvalue weighted by molar-refractivity contribution is 0.0821. The van der Waals surface area contributed by atoms with Gasteiger partial charge in [-0.15, -0.1) is 0 Å². The zero-order valence-electron chi connectivity index (χ0n) is 17.5. The lowest BCUT2D eigenvalue weighted by Crippen LogP contribution is -2.27. The molecule has 0 fully saturated rings. The summed E-state index contributed by atoms with van der Waals surface area (Å²) in [6.45, 7) is 2.26. The van der Waals surface area contributed by atoms with Crippen LogP contribution >= 0.6 is 0 Å². The van der Waals surface area contributed by atoms with Crippen LogP contribution in [0.5, 0.6) is 17.2 Å². The minimum absolute atomic E-state index is 0.0730. The van der Waals surface area contributed by atoms with E-state index >= 15 is 0 Å². The largest absolute Gasteiger partial charge is 0.507 e. The van der Waals surface area contributed by atoms with E-state index in [4.69, 9.17) is 4.74 Å². The Balaban J connectivity index is 1.51. The van der Waals surface area contributed by atoms with Gasteiger partial charge in [-0.2, -0.15) is 0 Å². The molecule has 0 spiro atoms. The van der Waals surface area contributed by atoms with Crippen LogP contribution in [0.4, 0.5) is 0 Å². The summed E-state index contributed by atoms with van der Waals surface area (Å²) in [6, 6.07) is 2.71. The van der Waals surface area contributed by atoms with Gasteiger partial charge in [-0.3, -0.25) is 4.79 Å². The Kier molecular flexibility index (Phi) is 10.2. The Morgan fingerprint density at radius 1 is 0.821 bits per heavy atom. The maximum atomic E-state index is 12.3. The average molecular weight is 391 g/mol. The second kappa shape index (κ2) is 12.7. The molecule has 0 radical (unpaired) electrons. The van der Waals surface area contributed by atoms with Gasteiger partial charge in [0.2, 0.25) is 0 Å². The van der Waals surface area contributed by atoms with Gasteiger partial charge in [0.1, 0.15) is 17.4 Å². The van der Waals surface area contributed by atoms with Crippen LogP contribution in [0.25, 0.3) is 0 Å². The normalized spacial score (nSPS) is 16.0. The first kappa shape index (κ1) is 22.6. The summed E-state index contributed by atoms with van der Waals surface area (Å²) in [5, 5.41) is 19.7. The van der Waals surface area contributed by atoms with Crippen molar-refractivity contribution in [1.82, 2.24) is 0 Å². The molecule has 0 saturated heterocycles. The maximum Gasteiger partial charge on any atom is 0.175 e. The summed E-state index contributed by atoms with van der Waals surface area (Å²) in [5.74, 6) is -0.182. The molecule has 0 aromatic heterocycles. The Hall–Kier alpha value is -1.71. The molecule has 0 saturated carbocycles. The molecule has 4 heteroatoms. The van der Waals surface area contributed by atoms with Crippen LogP contribution in [0.15, 0.2) is 12.1 Å². The molecule has 1 atom stereocenters. The van der Waals surface area contributed by atoms with Crippen molar-refractivity contribution in [3.63, 3.8) is 0 Å². The summed E-state index contributed by atoms with van der Waals surface area (Å²) in [7, 11) is 0. The number of Topliss-reactive ketones (excluding diaryl/α,β-unsaturated/α-hetero) is 1. The van der Waals surface area contributed by atoms with E-state index in [1.165, 1.54) is 82.8 Å². The third-order valence-corrected chi connectivity index (χ3v) is 5.72. The Bertz CT molecular complexity index is 597. The summed E-state index contributed by atoms with van der Waals surface area (Å²) >= 11 is 0. The van der Waals surface area contributed by atoms with Crippen LogP contribution in [0.2, 0.25) is 0 Å². The number of rotatable bonds is 14. The number of phenolic OH excluding ortho intramolecular Hbond substituents is 2. The van der Waals surface area contributed by atoms with E-state index in [1.807, 2.05) is 0 Å². The van der Waals surface area contributed by atoms with Crippen molar-refractivity contribution in [2.24, 2.45) is 0 Å². The second-order valence-electron chi connectivity index (χ2n) is 8.21. The molecule has 0 aliphatic carbocycles. The van der Waals surface area contributed by atoms with Gasteiger partial charge in [-0.1, -0.05) is 84.0 Å². The summed E-state index contributed by atoms with van der Waals surface area (Å²) in [4.78, 5) is 12.3. The third-order valence-electron chi connectivity index (χ3n) is 5.72. The fourth-order valence-electron chi connectivity index (χ4n) is 4.02. The van der Waals surface area contributed by atoms with E-state index in [9.17, 15) is 15.0 Å². The number of ketones is 1. The first-order chi connectivity index (χ1) is 13.6. The van der Waals surface area contributed by atoms with Crippen LogP contribution in [-0.4, -0.2) is 22.1 Å². The standard InChI is InChI=1S/C24H38O4/c1-2-3-4-5-6-7-8-9-10-11-12-13-14-15-19-18-22(27)23-20(25)16-17-21(26)24(23)28-19/h16-17,19,25-26H,2-15,18H2,1H3. The number of ether oxygens (including phenoxy) is 1. The van der Waals surface area contributed by atoms with Crippen LogP contribution in [0.1, 0.15) is 114 Å². The Morgan fingerprint density at radius 2 is 1.32 bits per heavy atom. The number of hydrogen-bond acceptors (Lipinski definition) is 4. The van der Waals surface area contributed by atoms with E-state index in [1.54, 1.807) is 0 Å². The van der Waals surface area contributed by atoms with Crippen LogP contribution < -0.4 is 4.74 Å². The molecular weight excluding hydrogens is 352 g/mol. The van der Waals surface area contributed by atoms with Crippen molar-refractivity contribution in [1.29, 1.82) is 0 Å². The van der Waals surface area contributed by atoms with Gasteiger partial charge in [0.25, 0.3) is 0 Å². The highest BCUT2D eigenvalue weighted by molar-refractivity contribution is 6.03. The van der Waals surface area contributed by atoms with Gasteiger partial charge in [0.15, 0.2) is 17.3 Å². The fourth-order valence-corrected chi connectivity index (χ4v) is 4.02. The Labute approximate surface area is 170 Å². The van der Waals surface area contributed by atoms with Crippen LogP contribution in [-0.2, 0) is 0 Å². The first-order valence-corrected chi connectivity index (χ1v) is 11.4. The van der Waals surface area contributed by atoms with Crippen molar-refractivity contribution in [2.45, 2.75) is 109 Å². The van der Waals surface area contributed by atoms with E-state index in [-0.39, 0.29) is 41.1 Å². The van der Waals surface area contributed by atoms with Gasteiger partial charge >= 0.3 is 0 Å². The average Bonchev–Trinajstić information content (AvgIpc) is 2.68. The molecule has 1 heterocycles. The molecule has 1 aliphatic heterocycles. The van der Waals surface area contributed by atoms with Crippen molar-refractivity contribution in [3.8, 4) is 17.2 Å². The number of benzene rings is 1. The van der Waals surface area contributed by atoms with Gasteiger partial charge < -0.3 is 14.9 Å². The quantitative estimate of drug-likeness (QED) is 0.267. The summed E-state index contributed by atoms with van der Waals surface area (Å²) < 4.78 is 5.79. The SMILES string of the molecule is CCCCCCCCCCCCCCCC1CC(=O)c2c(O)ccc(O)c2O1. The van der Waals surface area contributed by atoms with Crippen LogP contribution in [0.3, 0.4) is 0 Å². The molecule has 158 valence electrons.